The molecule has 1 aliphatic carbocycles. The van der Waals surface area contributed by atoms with Crippen molar-refractivity contribution in [3.8, 4) is 0 Å². The van der Waals surface area contributed by atoms with Crippen LogP contribution in [0.25, 0.3) is 5.57 Å². The Morgan fingerprint density at radius 2 is 1.92 bits per heavy atom. The Balaban J connectivity index is 1.82. The standard InChI is InChI=1S/C22H34N2O/c1-21(2)9-7-17(8-10-21)19-15-18(5-6-20(19)23)22(3,4)16-24-11-13-25-14-12-24/h5-7,15H,8-14,16,23H2,1-4H3. The molecular weight excluding hydrogens is 308 g/mol. The molecule has 2 N–H and O–H groups in total. The summed E-state index contributed by atoms with van der Waals surface area (Å²) in [6.07, 6.45) is 5.92. The predicted molar refractivity (Wildman–Crippen MR) is 107 cm³/mol. The maximum absolute atomic E-state index is 6.35. The zero-order valence-electron chi connectivity index (χ0n) is 16.4. The third-order valence-electron chi connectivity index (χ3n) is 5.88. The van der Waals surface area contributed by atoms with Crippen molar-refractivity contribution in [1.82, 2.24) is 4.90 Å². The van der Waals surface area contributed by atoms with Crippen molar-refractivity contribution in [2.45, 2.75) is 52.4 Å². The van der Waals surface area contributed by atoms with Crippen molar-refractivity contribution in [2.75, 3.05) is 38.6 Å². The van der Waals surface area contributed by atoms with E-state index >= 15 is 0 Å². The number of nitrogen functional groups attached to an aromatic ring is 1. The summed E-state index contributed by atoms with van der Waals surface area (Å²) in [6, 6.07) is 6.67. The molecule has 25 heavy (non-hydrogen) atoms. The second kappa shape index (κ2) is 7.13. The number of anilines is 1. The monoisotopic (exact) mass is 342 g/mol. The van der Waals surface area contributed by atoms with Crippen LogP contribution in [0.3, 0.4) is 0 Å². The largest absolute Gasteiger partial charge is 0.398 e. The maximum atomic E-state index is 6.35. The first-order valence-electron chi connectivity index (χ1n) is 9.66. The van der Waals surface area contributed by atoms with E-state index in [1.54, 1.807) is 0 Å². The van der Waals surface area contributed by atoms with Gasteiger partial charge < -0.3 is 10.5 Å². The molecule has 1 saturated heterocycles. The first kappa shape index (κ1) is 18.5. The Labute approximate surface area is 153 Å². The second-order valence-electron chi connectivity index (χ2n) is 9.17. The summed E-state index contributed by atoms with van der Waals surface area (Å²) in [5.41, 5.74) is 11.9. The van der Waals surface area contributed by atoms with Gasteiger partial charge in [0.2, 0.25) is 0 Å². The number of rotatable bonds is 4. The summed E-state index contributed by atoms with van der Waals surface area (Å²) in [5, 5.41) is 0. The van der Waals surface area contributed by atoms with E-state index in [0.29, 0.717) is 5.41 Å². The number of hydrogen-bond donors (Lipinski definition) is 1. The minimum atomic E-state index is 0.105. The molecule has 0 radical (unpaired) electrons. The molecule has 1 fully saturated rings. The van der Waals surface area contributed by atoms with Crippen LogP contribution in [0, 0.1) is 5.41 Å². The van der Waals surface area contributed by atoms with Crippen LogP contribution < -0.4 is 5.73 Å². The molecule has 0 aromatic heterocycles. The number of ether oxygens (including phenoxy) is 1. The van der Waals surface area contributed by atoms with Crippen LogP contribution in [-0.2, 0) is 10.2 Å². The lowest BCUT2D eigenvalue weighted by Gasteiger charge is -2.36. The number of morpholine rings is 1. The van der Waals surface area contributed by atoms with E-state index in [-0.39, 0.29) is 5.41 Å². The maximum Gasteiger partial charge on any atom is 0.0594 e. The van der Waals surface area contributed by atoms with Crippen molar-refractivity contribution in [3.63, 3.8) is 0 Å². The van der Waals surface area contributed by atoms with Gasteiger partial charge in [0.05, 0.1) is 13.2 Å². The van der Waals surface area contributed by atoms with Gasteiger partial charge >= 0.3 is 0 Å². The summed E-state index contributed by atoms with van der Waals surface area (Å²) in [6.45, 7) is 14.2. The quantitative estimate of drug-likeness (QED) is 0.820. The molecule has 0 atom stereocenters. The van der Waals surface area contributed by atoms with E-state index < -0.39 is 0 Å². The Hall–Kier alpha value is -1.32. The molecule has 0 saturated carbocycles. The molecule has 138 valence electrons. The van der Waals surface area contributed by atoms with Crippen molar-refractivity contribution >= 4 is 11.3 Å². The third kappa shape index (κ3) is 4.45. The summed E-state index contributed by atoms with van der Waals surface area (Å²) in [4.78, 5) is 2.52. The fraction of sp³-hybridized carbons (Fsp3) is 0.636. The lowest BCUT2D eigenvalue weighted by Crippen LogP contribution is -2.43. The molecule has 3 nitrogen and oxygen atoms in total. The molecule has 2 aliphatic rings. The van der Waals surface area contributed by atoms with E-state index in [2.05, 4.69) is 56.9 Å². The highest BCUT2D eigenvalue weighted by Gasteiger charge is 2.27. The average molecular weight is 343 g/mol. The molecule has 3 heteroatoms. The molecular formula is C22H34N2O. The molecule has 1 aliphatic heterocycles. The summed E-state index contributed by atoms with van der Waals surface area (Å²) < 4.78 is 5.49. The highest BCUT2D eigenvalue weighted by atomic mass is 16.5. The molecule has 1 heterocycles. The summed E-state index contributed by atoms with van der Waals surface area (Å²) in [5.74, 6) is 0. The lowest BCUT2D eigenvalue weighted by atomic mass is 9.76. The molecule has 3 rings (SSSR count). The first-order chi connectivity index (χ1) is 11.8. The van der Waals surface area contributed by atoms with Gasteiger partial charge in [-0.25, -0.2) is 0 Å². The van der Waals surface area contributed by atoms with E-state index in [1.165, 1.54) is 23.1 Å². The van der Waals surface area contributed by atoms with Gasteiger partial charge in [-0.15, -0.1) is 0 Å². The minimum absolute atomic E-state index is 0.105. The van der Waals surface area contributed by atoms with Gasteiger partial charge in [-0.3, -0.25) is 4.90 Å². The fourth-order valence-electron chi connectivity index (χ4n) is 3.99. The Morgan fingerprint density at radius 1 is 1.20 bits per heavy atom. The van der Waals surface area contributed by atoms with Crippen LogP contribution in [0.1, 0.15) is 58.1 Å². The Bertz CT molecular complexity index is 639. The normalized spacial score (nSPS) is 21.8. The van der Waals surface area contributed by atoms with E-state index in [9.17, 15) is 0 Å². The number of nitrogens with two attached hydrogens (primary N) is 1. The number of hydrogen-bond acceptors (Lipinski definition) is 3. The van der Waals surface area contributed by atoms with Gasteiger partial charge in [0, 0.05) is 36.3 Å². The molecule has 0 spiro atoms. The van der Waals surface area contributed by atoms with E-state index in [0.717, 1.165) is 51.4 Å². The van der Waals surface area contributed by atoms with Crippen molar-refractivity contribution in [3.05, 3.63) is 35.4 Å². The molecule has 0 unspecified atom stereocenters. The summed E-state index contributed by atoms with van der Waals surface area (Å²) in [7, 11) is 0. The van der Waals surface area contributed by atoms with E-state index in [4.69, 9.17) is 10.5 Å². The molecule has 1 aromatic rings. The molecule has 1 aromatic carbocycles. The van der Waals surface area contributed by atoms with Crippen molar-refractivity contribution < 1.29 is 4.74 Å². The van der Waals surface area contributed by atoms with Crippen molar-refractivity contribution in [2.24, 2.45) is 5.41 Å². The van der Waals surface area contributed by atoms with Crippen LogP contribution in [0.4, 0.5) is 5.69 Å². The Morgan fingerprint density at radius 3 is 2.56 bits per heavy atom. The zero-order valence-corrected chi connectivity index (χ0v) is 16.4. The zero-order chi connectivity index (χ0) is 18.1. The third-order valence-corrected chi connectivity index (χ3v) is 5.88. The summed E-state index contributed by atoms with van der Waals surface area (Å²) >= 11 is 0. The minimum Gasteiger partial charge on any atom is -0.398 e. The fourth-order valence-corrected chi connectivity index (χ4v) is 3.99. The van der Waals surface area contributed by atoms with Crippen LogP contribution in [0.2, 0.25) is 0 Å². The van der Waals surface area contributed by atoms with Gasteiger partial charge in [-0.2, -0.15) is 0 Å². The van der Waals surface area contributed by atoms with Crippen LogP contribution in [0.15, 0.2) is 24.3 Å². The molecule has 0 amide bonds. The van der Waals surface area contributed by atoms with Crippen LogP contribution in [-0.4, -0.2) is 37.7 Å². The second-order valence-corrected chi connectivity index (χ2v) is 9.17. The van der Waals surface area contributed by atoms with Gasteiger partial charge in [0.15, 0.2) is 0 Å². The van der Waals surface area contributed by atoms with Crippen LogP contribution >= 0.6 is 0 Å². The van der Waals surface area contributed by atoms with Crippen molar-refractivity contribution in [1.29, 1.82) is 0 Å². The lowest BCUT2D eigenvalue weighted by molar-refractivity contribution is 0.0295. The number of allylic oxidation sites excluding steroid dienone is 2. The molecule has 0 bridgehead atoms. The van der Waals surface area contributed by atoms with Crippen LogP contribution in [0.5, 0.6) is 0 Å². The van der Waals surface area contributed by atoms with Gasteiger partial charge in [0.1, 0.15) is 0 Å². The average Bonchev–Trinajstić information content (AvgIpc) is 2.56. The topological polar surface area (TPSA) is 38.5 Å². The first-order valence-corrected chi connectivity index (χ1v) is 9.66. The highest BCUT2D eigenvalue weighted by Crippen LogP contribution is 2.40. The van der Waals surface area contributed by atoms with Gasteiger partial charge in [0.25, 0.3) is 0 Å². The van der Waals surface area contributed by atoms with E-state index in [1.807, 2.05) is 0 Å². The predicted octanol–water partition coefficient (Wildman–Crippen LogP) is 4.47. The number of benzene rings is 1. The Kier molecular flexibility index (Phi) is 5.26. The van der Waals surface area contributed by atoms with Gasteiger partial charge in [-0.1, -0.05) is 39.8 Å². The number of nitrogens with zero attached hydrogens (tertiary/aromatic N) is 1. The highest BCUT2D eigenvalue weighted by molar-refractivity contribution is 5.76. The smallest absolute Gasteiger partial charge is 0.0594 e. The SMILES string of the molecule is CC1(C)CC=C(c2cc(C(C)(C)CN3CCOCC3)ccc2N)CC1. The van der Waals surface area contributed by atoms with Gasteiger partial charge in [-0.05, 0) is 47.9 Å².